The average molecular weight is 291 g/mol. The van der Waals surface area contributed by atoms with Gasteiger partial charge in [-0.3, -0.25) is 0 Å². The molecule has 0 bridgehead atoms. The van der Waals surface area contributed by atoms with E-state index in [0.717, 1.165) is 24.9 Å². The Morgan fingerprint density at radius 1 is 1.33 bits per heavy atom. The Labute approximate surface area is 124 Å². The Kier molecular flexibility index (Phi) is 5.44. The Bertz CT molecular complexity index is 583. The molecule has 0 fully saturated rings. The van der Waals surface area contributed by atoms with Gasteiger partial charge in [-0.05, 0) is 50.1 Å². The predicted molar refractivity (Wildman–Crippen MR) is 80.5 cm³/mol. The number of aryl methyl sites for hydroxylation is 1. The molecule has 0 saturated heterocycles. The van der Waals surface area contributed by atoms with Crippen LogP contribution in [0.25, 0.3) is 11.4 Å². The summed E-state index contributed by atoms with van der Waals surface area (Å²) in [6, 6.07) is 5.17. The number of hydrogen-bond donors (Lipinski definition) is 1. The molecule has 1 atom stereocenters. The number of aromatic nitrogens is 2. The van der Waals surface area contributed by atoms with Crippen LogP contribution in [-0.4, -0.2) is 22.7 Å². The van der Waals surface area contributed by atoms with Gasteiger partial charge in [0.05, 0.1) is 0 Å². The third-order valence-corrected chi connectivity index (χ3v) is 3.48. The maximum atomic E-state index is 13.3. The Morgan fingerprint density at radius 2 is 2.14 bits per heavy atom. The summed E-state index contributed by atoms with van der Waals surface area (Å²) in [6.45, 7) is 6.98. The van der Waals surface area contributed by atoms with Crippen LogP contribution in [0.15, 0.2) is 22.7 Å². The second-order valence-corrected chi connectivity index (χ2v) is 5.24. The van der Waals surface area contributed by atoms with Gasteiger partial charge in [-0.25, -0.2) is 4.39 Å². The molecule has 0 radical (unpaired) electrons. The molecule has 1 aromatic carbocycles. The number of hydrogen-bond acceptors (Lipinski definition) is 4. The van der Waals surface area contributed by atoms with E-state index in [1.807, 2.05) is 0 Å². The largest absolute Gasteiger partial charge is 0.339 e. The molecule has 1 unspecified atom stereocenters. The van der Waals surface area contributed by atoms with E-state index in [1.54, 1.807) is 19.1 Å². The summed E-state index contributed by atoms with van der Waals surface area (Å²) in [5.41, 5.74) is 1.35. The maximum absolute atomic E-state index is 13.3. The Balaban J connectivity index is 2.08. The van der Waals surface area contributed by atoms with Crippen LogP contribution in [0, 0.1) is 12.7 Å². The number of benzene rings is 1. The summed E-state index contributed by atoms with van der Waals surface area (Å²) >= 11 is 0. The molecular weight excluding hydrogens is 269 g/mol. The highest BCUT2D eigenvalue weighted by Gasteiger charge is 2.14. The third kappa shape index (κ3) is 4.11. The summed E-state index contributed by atoms with van der Waals surface area (Å²) in [5, 5.41) is 7.44. The van der Waals surface area contributed by atoms with Crippen LogP contribution < -0.4 is 5.32 Å². The van der Waals surface area contributed by atoms with E-state index in [1.165, 1.54) is 6.07 Å². The van der Waals surface area contributed by atoms with Crippen LogP contribution >= 0.6 is 0 Å². The van der Waals surface area contributed by atoms with Gasteiger partial charge in [0.25, 0.3) is 0 Å². The van der Waals surface area contributed by atoms with Crippen molar-refractivity contribution in [1.29, 1.82) is 0 Å². The normalized spacial score (nSPS) is 12.6. The fourth-order valence-corrected chi connectivity index (χ4v) is 2.16. The van der Waals surface area contributed by atoms with Gasteiger partial charge in [-0.1, -0.05) is 19.0 Å². The van der Waals surface area contributed by atoms with Crippen molar-refractivity contribution in [3.63, 3.8) is 0 Å². The minimum absolute atomic E-state index is 0.225. The van der Waals surface area contributed by atoms with Gasteiger partial charge in [0.1, 0.15) is 5.82 Å². The minimum Gasteiger partial charge on any atom is -0.339 e. The molecule has 0 aliphatic carbocycles. The van der Waals surface area contributed by atoms with Gasteiger partial charge in [0.2, 0.25) is 11.7 Å². The number of halogens is 1. The summed E-state index contributed by atoms with van der Waals surface area (Å²) in [5.74, 6) is 0.901. The lowest BCUT2D eigenvalue weighted by Gasteiger charge is -2.13. The van der Waals surface area contributed by atoms with Crippen molar-refractivity contribution in [2.75, 3.05) is 6.54 Å². The van der Waals surface area contributed by atoms with Crippen LogP contribution in [0.2, 0.25) is 0 Å². The lowest BCUT2D eigenvalue weighted by molar-refractivity contribution is 0.354. The van der Waals surface area contributed by atoms with Crippen LogP contribution in [0.4, 0.5) is 4.39 Å². The summed E-state index contributed by atoms with van der Waals surface area (Å²) in [4.78, 5) is 4.41. The van der Waals surface area contributed by atoms with E-state index in [4.69, 9.17) is 4.52 Å². The van der Waals surface area contributed by atoms with Crippen LogP contribution in [0.1, 0.15) is 38.1 Å². The van der Waals surface area contributed by atoms with Gasteiger partial charge in [-0.2, -0.15) is 4.98 Å². The summed E-state index contributed by atoms with van der Waals surface area (Å²) < 4.78 is 18.6. The molecule has 1 heterocycles. The first-order valence-corrected chi connectivity index (χ1v) is 7.46. The molecule has 114 valence electrons. The van der Waals surface area contributed by atoms with E-state index < -0.39 is 0 Å². The van der Waals surface area contributed by atoms with Gasteiger partial charge < -0.3 is 9.84 Å². The van der Waals surface area contributed by atoms with E-state index in [2.05, 4.69) is 29.3 Å². The monoisotopic (exact) mass is 291 g/mol. The number of nitrogens with one attached hydrogen (secondary N) is 1. The van der Waals surface area contributed by atoms with E-state index >= 15 is 0 Å². The van der Waals surface area contributed by atoms with Crippen molar-refractivity contribution in [1.82, 2.24) is 15.5 Å². The minimum atomic E-state index is -0.225. The maximum Gasteiger partial charge on any atom is 0.228 e. The third-order valence-electron chi connectivity index (χ3n) is 3.48. The molecule has 4 nitrogen and oxygen atoms in total. The fraction of sp³-hybridized carbons (Fsp3) is 0.500. The van der Waals surface area contributed by atoms with Gasteiger partial charge >= 0.3 is 0 Å². The predicted octanol–water partition coefficient (Wildman–Crippen LogP) is 3.50. The number of nitrogens with zero attached hydrogens (tertiary/aromatic N) is 2. The van der Waals surface area contributed by atoms with Crippen molar-refractivity contribution in [2.45, 2.75) is 46.1 Å². The van der Waals surface area contributed by atoms with Crippen molar-refractivity contribution < 1.29 is 8.91 Å². The highest BCUT2D eigenvalue weighted by atomic mass is 19.1. The van der Waals surface area contributed by atoms with Gasteiger partial charge in [-0.15, -0.1) is 0 Å². The fourth-order valence-electron chi connectivity index (χ4n) is 2.16. The molecule has 2 rings (SSSR count). The first-order valence-electron chi connectivity index (χ1n) is 7.46. The molecule has 0 aliphatic heterocycles. The first kappa shape index (κ1) is 15.6. The SMILES string of the molecule is CCCNC(CC)Cc1nc(-c2ccc(F)c(C)c2)no1. The second-order valence-electron chi connectivity index (χ2n) is 5.24. The lowest BCUT2D eigenvalue weighted by Crippen LogP contribution is -2.31. The summed E-state index contributed by atoms with van der Waals surface area (Å²) in [6.07, 6.45) is 2.82. The molecule has 0 aliphatic rings. The average Bonchev–Trinajstić information content (AvgIpc) is 2.95. The van der Waals surface area contributed by atoms with Gasteiger partial charge in [0.15, 0.2) is 0 Å². The summed E-state index contributed by atoms with van der Waals surface area (Å²) in [7, 11) is 0. The van der Waals surface area contributed by atoms with E-state index in [9.17, 15) is 4.39 Å². The molecule has 5 heteroatoms. The molecule has 1 aromatic heterocycles. The van der Waals surface area contributed by atoms with Crippen LogP contribution in [0.5, 0.6) is 0 Å². The zero-order valence-corrected chi connectivity index (χ0v) is 12.8. The molecule has 0 amide bonds. The highest BCUT2D eigenvalue weighted by Crippen LogP contribution is 2.19. The van der Waals surface area contributed by atoms with Crippen LogP contribution in [0.3, 0.4) is 0 Å². The van der Waals surface area contributed by atoms with E-state index in [0.29, 0.717) is 29.7 Å². The highest BCUT2D eigenvalue weighted by molar-refractivity contribution is 5.55. The molecule has 0 saturated carbocycles. The number of rotatable bonds is 7. The van der Waals surface area contributed by atoms with Crippen LogP contribution in [-0.2, 0) is 6.42 Å². The van der Waals surface area contributed by atoms with Crippen molar-refractivity contribution >= 4 is 0 Å². The first-order chi connectivity index (χ1) is 10.1. The molecular formula is C16H22FN3O. The van der Waals surface area contributed by atoms with Gasteiger partial charge in [0, 0.05) is 18.0 Å². The molecule has 21 heavy (non-hydrogen) atoms. The quantitative estimate of drug-likeness (QED) is 0.848. The van der Waals surface area contributed by atoms with Crippen molar-refractivity contribution in [2.24, 2.45) is 0 Å². The Morgan fingerprint density at radius 3 is 2.81 bits per heavy atom. The second kappa shape index (κ2) is 7.31. The standard InChI is InChI=1S/C16H22FN3O/c1-4-8-18-13(5-2)10-15-19-16(20-21-15)12-6-7-14(17)11(3)9-12/h6-7,9,13,18H,4-5,8,10H2,1-3H3. The topological polar surface area (TPSA) is 51.0 Å². The molecule has 1 N–H and O–H groups in total. The van der Waals surface area contributed by atoms with Crippen molar-refractivity contribution in [3.8, 4) is 11.4 Å². The zero-order valence-electron chi connectivity index (χ0n) is 12.8. The smallest absolute Gasteiger partial charge is 0.228 e. The molecule has 0 spiro atoms. The van der Waals surface area contributed by atoms with Crippen molar-refractivity contribution in [3.05, 3.63) is 35.5 Å². The molecule has 2 aromatic rings. The van der Waals surface area contributed by atoms with E-state index in [-0.39, 0.29) is 5.82 Å². The Hall–Kier alpha value is -1.75. The lowest BCUT2D eigenvalue weighted by atomic mass is 10.1. The zero-order chi connectivity index (χ0) is 15.2.